The molecule has 5 rings (SSSR count). The van der Waals surface area contributed by atoms with Crippen molar-refractivity contribution >= 4 is 22.4 Å². The number of ether oxygens (including phenoxy) is 1. The number of hydroxylamine groups is 1. The topological polar surface area (TPSA) is 66.9 Å². The van der Waals surface area contributed by atoms with E-state index in [9.17, 15) is 10.0 Å². The summed E-state index contributed by atoms with van der Waals surface area (Å²) in [7, 11) is 0. The molecule has 29 heavy (non-hydrogen) atoms. The van der Waals surface area contributed by atoms with Crippen LogP contribution in [0.4, 0.5) is 5.69 Å². The Balaban J connectivity index is 1.34. The van der Waals surface area contributed by atoms with Crippen molar-refractivity contribution in [3.8, 4) is 5.75 Å². The van der Waals surface area contributed by atoms with Gasteiger partial charge in [0.25, 0.3) is 0 Å². The van der Waals surface area contributed by atoms with Gasteiger partial charge >= 0.3 is 0 Å². The first kappa shape index (κ1) is 17.7. The number of hydrogen-bond acceptors (Lipinski definition) is 4. The number of furan rings is 1. The number of fused-ring (bicyclic) bond motifs is 2. The average molecular weight is 385 g/mol. The molecule has 2 heterocycles. The van der Waals surface area contributed by atoms with Gasteiger partial charge in [0.2, 0.25) is 5.78 Å². The highest BCUT2D eigenvalue weighted by molar-refractivity contribution is 6.05. The Bertz CT molecular complexity index is 1180. The Hall–Kier alpha value is -3.41. The minimum atomic E-state index is -0.707. The van der Waals surface area contributed by atoms with Gasteiger partial charge in [-0.25, -0.2) is 0 Å². The van der Waals surface area contributed by atoms with Crippen molar-refractivity contribution in [1.82, 2.24) is 0 Å². The number of Topliss-reactive ketones (excluding diaryl/α,β-unsaturated/α-hetero) is 1. The molecule has 0 radical (unpaired) electrons. The maximum atomic E-state index is 12.6. The smallest absolute Gasteiger partial charge is 0.227 e. The Morgan fingerprint density at radius 2 is 1.76 bits per heavy atom. The molecule has 0 bridgehead atoms. The average Bonchev–Trinajstić information content (AvgIpc) is 3.27. The first-order valence-corrected chi connectivity index (χ1v) is 9.56. The quantitative estimate of drug-likeness (QED) is 0.530. The highest BCUT2D eigenvalue weighted by Crippen LogP contribution is 2.27. The molecule has 1 aromatic heterocycles. The van der Waals surface area contributed by atoms with E-state index >= 15 is 0 Å². The van der Waals surface area contributed by atoms with E-state index < -0.39 is 6.04 Å². The van der Waals surface area contributed by atoms with Crippen molar-refractivity contribution in [1.29, 1.82) is 0 Å². The van der Waals surface area contributed by atoms with Crippen molar-refractivity contribution < 1.29 is 19.0 Å². The van der Waals surface area contributed by atoms with Crippen molar-refractivity contribution in [2.24, 2.45) is 0 Å². The van der Waals surface area contributed by atoms with Gasteiger partial charge < -0.3 is 19.4 Å². The molecule has 2 unspecified atom stereocenters. The van der Waals surface area contributed by atoms with E-state index in [1.807, 2.05) is 54.6 Å². The molecule has 0 aliphatic carbocycles. The molecule has 0 spiro atoms. The van der Waals surface area contributed by atoms with Gasteiger partial charge in [-0.2, -0.15) is 0 Å². The number of carbonyl (C=O) groups is 1. The predicted molar refractivity (Wildman–Crippen MR) is 109 cm³/mol. The predicted octanol–water partition coefficient (Wildman–Crippen LogP) is 3.83. The van der Waals surface area contributed by atoms with Crippen LogP contribution in [0.1, 0.15) is 21.7 Å². The SMILES string of the molecule is O=C1c2ccccc2[NH+]([O-])C1Cc1cc2cc(OCc3ccccc3)ccc2o1. The minimum Gasteiger partial charge on any atom is -0.628 e. The summed E-state index contributed by atoms with van der Waals surface area (Å²) in [5.41, 5.74) is 2.83. The van der Waals surface area contributed by atoms with E-state index in [2.05, 4.69) is 0 Å². The molecule has 1 aliphatic rings. The second-order valence-electron chi connectivity index (χ2n) is 7.22. The zero-order valence-corrected chi connectivity index (χ0v) is 15.6. The summed E-state index contributed by atoms with van der Waals surface area (Å²) in [4.78, 5) is 12.6. The van der Waals surface area contributed by atoms with Crippen LogP contribution in [0.25, 0.3) is 11.0 Å². The third-order valence-electron chi connectivity index (χ3n) is 5.28. The number of ketones is 1. The largest absolute Gasteiger partial charge is 0.628 e. The normalized spacial score (nSPS) is 18.2. The van der Waals surface area contributed by atoms with Crippen LogP contribution in [0.5, 0.6) is 5.75 Å². The van der Waals surface area contributed by atoms with Gasteiger partial charge in [-0.05, 0) is 35.9 Å². The van der Waals surface area contributed by atoms with Crippen molar-refractivity contribution in [2.75, 3.05) is 0 Å². The molecule has 2 atom stereocenters. The maximum Gasteiger partial charge on any atom is 0.227 e. The van der Waals surface area contributed by atoms with Crippen LogP contribution >= 0.6 is 0 Å². The van der Waals surface area contributed by atoms with Gasteiger partial charge in [-0.3, -0.25) is 4.79 Å². The van der Waals surface area contributed by atoms with E-state index in [4.69, 9.17) is 9.15 Å². The summed E-state index contributed by atoms with van der Waals surface area (Å²) in [6.07, 6.45) is 0.265. The molecule has 0 saturated carbocycles. The summed E-state index contributed by atoms with van der Waals surface area (Å²) >= 11 is 0. The lowest BCUT2D eigenvalue weighted by molar-refractivity contribution is -0.790. The minimum absolute atomic E-state index is 0.127. The van der Waals surface area contributed by atoms with Crippen LogP contribution < -0.4 is 9.80 Å². The standard InChI is InChI=1S/C24H19NO4/c26-24-20-8-4-5-9-21(20)25(27)22(24)14-19-13-17-12-18(10-11-23(17)29-19)28-15-16-6-2-1-3-7-16/h1-13,22,25H,14-15H2. The summed E-state index contributed by atoms with van der Waals surface area (Å²) in [6, 6.07) is 23.8. The maximum absolute atomic E-state index is 12.6. The second-order valence-corrected chi connectivity index (χ2v) is 7.22. The Labute approximate surface area is 167 Å². The lowest BCUT2D eigenvalue weighted by Gasteiger charge is -2.22. The number of quaternary nitrogens is 1. The van der Waals surface area contributed by atoms with E-state index in [-0.39, 0.29) is 17.3 Å². The zero-order valence-electron chi connectivity index (χ0n) is 15.6. The fraction of sp³-hybridized carbons (Fsp3) is 0.125. The molecule has 3 aromatic carbocycles. The fourth-order valence-electron chi connectivity index (χ4n) is 3.80. The number of benzene rings is 3. The molecular weight excluding hydrogens is 366 g/mol. The van der Waals surface area contributed by atoms with E-state index in [1.165, 1.54) is 0 Å². The van der Waals surface area contributed by atoms with Crippen molar-refractivity contribution in [2.45, 2.75) is 19.1 Å². The number of carbonyl (C=O) groups excluding carboxylic acids is 1. The van der Waals surface area contributed by atoms with Crippen molar-refractivity contribution in [3.05, 3.63) is 101 Å². The van der Waals surface area contributed by atoms with Crippen molar-refractivity contribution in [3.63, 3.8) is 0 Å². The Morgan fingerprint density at radius 3 is 2.59 bits per heavy atom. The van der Waals surface area contributed by atoms with Crippen LogP contribution in [0.2, 0.25) is 0 Å². The molecule has 1 N–H and O–H groups in total. The van der Waals surface area contributed by atoms with Gasteiger partial charge in [0.05, 0.1) is 12.0 Å². The highest BCUT2D eigenvalue weighted by Gasteiger charge is 2.38. The zero-order chi connectivity index (χ0) is 19.8. The van der Waals surface area contributed by atoms with Crippen LogP contribution in [0.3, 0.4) is 0 Å². The third-order valence-corrected chi connectivity index (χ3v) is 5.28. The van der Waals surface area contributed by atoms with Gasteiger partial charge in [-0.1, -0.05) is 42.5 Å². The van der Waals surface area contributed by atoms with Gasteiger partial charge in [0.1, 0.15) is 29.4 Å². The number of para-hydroxylation sites is 1. The van der Waals surface area contributed by atoms with Crippen LogP contribution in [-0.2, 0) is 13.0 Å². The molecule has 5 nitrogen and oxygen atoms in total. The van der Waals surface area contributed by atoms with E-state index in [1.54, 1.807) is 24.3 Å². The molecule has 5 heteroatoms. The lowest BCUT2D eigenvalue weighted by atomic mass is 10.0. The molecule has 0 fully saturated rings. The highest BCUT2D eigenvalue weighted by atomic mass is 16.5. The number of rotatable bonds is 5. The summed E-state index contributed by atoms with van der Waals surface area (Å²) in [6.45, 7) is 0.486. The van der Waals surface area contributed by atoms with E-state index in [0.717, 1.165) is 16.7 Å². The Morgan fingerprint density at radius 1 is 0.966 bits per heavy atom. The number of nitrogens with one attached hydrogen (secondary N) is 1. The monoisotopic (exact) mass is 385 g/mol. The number of hydrogen-bond donors (Lipinski definition) is 1. The van der Waals surface area contributed by atoms with Crippen LogP contribution in [0.15, 0.2) is 83.3 Å². The summed E-state index contributed by atoms with van der Waals surface area (Å²) in [5, 5.41) is 13.4. The van der Waals surface area contributed by atoms with Gasteiger partial charge in [0, 0.05) is 11.5 Å². The molecular formula is C24H19NO4. The van der Waals surface area contributed by atoms with Gasteiger partial charge in [-0.15, -0.1) is 0 Å². The van der Waals surface area contributed by atoms with Crippen LogP contribution in [-0.4, -0.2) is 11.8 Å². The first-order valence-electron chi connectivity index (χ1n) is 9.56. The lowest BCUT2D eigenvalue weighted by Crippen LogP contribution is -3.06. The van der Waals surface area contributed by atoms with Gasteiger partial charge in [0.15, 0.2) is 6.04 Å². The van der Waals surface area contributed by atoms with Crippen LogP contribution in [0, 0.1) is 5.21 Å². The molecule has 4 aromatic rings. The molecule has 144 valence electrons. The van der Waals surface area contributed by atoms with E-state index in [0.29, 0.717) is 29.2 Å². The molecule has 0 amide bonds. The molecule has 1 aliphatic heterocycles. The first-order chi connectivity index (χ1) is 14.2. The second kappa shape index (κ2) is 7.20. The summed E-state index contributed by atoms with van der Waals surface area (Å²) < 4.78 is 11.8. The summed E-state index contributed by atoms with van der Waals surface area (Å²) in [5.74, 6) is 1.24. The Kier molecular flexibility index (Phi) is 4.39. The fourth-order valence-corrected chi connectivity index (χ4v) is 3.80. The molecule has 0 saturated heterocycles. The third kappa shape index (κ3) is 3.31.